The van der Waals surface area contributed by atoms with Crippen LogP contribution in [0.15, 0.2) is 30.3 Å². The third kappa shape index (κ3) is 3.30. The molecule has 0 bridgehead atoms. The summed E-state index contributed by atoms with van der Waals surface area (Å²) in [7, 11) is 0. The molecule has 2 atom stereocenters. The van der Waals surface area contributed by atoms with Crippen LogP contribution in [0.1, 0.15) is 26.3 Å². The number of nitrogens with one attached hydrogen (secondary N) is 1. The fraction of sp³-hybridized carbons (Fsp3) is 0.600. The van der Waals surface area contributed by atoms with Crippen LogP contribution >= 0.6 is 0 Å². The molecular weight excluding hydrogens is 208 g/mol. The number of benzene rings is 1. The quantitative estimate of drug-likeness (QED) is 0.861. The molecule has 0 unspecified atom stereocenters. The average Bonchev–Trinajstić information content (AvgIpc) is 2.33. The van der Waals surface area contributed by atoms with Gasteiger partial charge >= 0.3 is 0 Å². The highest BCUT2D eigenvalue weighted by molar-refractivity contribution is 5.14. The predicted molar refractivity (Wildman–Crippen MR) is 72.9 cm³/mol. The fourth-order valence-electron chi connectivity index (χ4n) is 2.43. The van der Waals surface area contributed by atoms with Crippen LogP contribution in [0.3, 0.4) is 0 Å². The van der Waals surface area contributed by atoms with Gasteiger partial charge in [0.05, 0.1) is 0 Å². The summed E-state index contributed by atoms with van der Waals surface area (Å²) in [6, 6.07) is 12.0. The smallest absolute Gasteiger partial charge is 0.0237 e. The van der Waals surface area contributed by atoms with E-state index in [-0.39, 0.29) is 0 Å². The number of rotatable bonds is 3. The zero-order valence-electron chi connectivity index (χ0n) is 11.2. The summed E-state index contributed by atoms with van der Waals surface area (Å²) in [5, 5.41) is 3.64. The zero-order valence-corrected chi connectivity index (χ0v) is 11.2. The van der Waals surface area contributed by atoms with Crippen molar-refractivity contribution in [2.75, 3.05) is 13.1 Å². The van der Waals surface area contributed by atoms with Crippen LogP contribution < -0.4 is 5.32 Å². The third-order valence-corrected chi connectivity index (χ3v) is 3.76. The number of hydrogen-bond donors (Lipinski definition) is 1. The van der Waals surface area contributed by atoms with E-state index in [2.05, 4.69) is 61.3 Å². The van der Waals surface area contributed by atoms with Crippen LogP contribution in [0.5, 0.6) is 0 Å². The van der Waals surface area contributed by atoms with Crippen LogP contribution in [0.4, 0.5) is 0 Å². The monoisotopic (exact) mass is 232 g/mol. The molecular formula is C15H24N2. The molecule has 0 spiro atoms. The number of hydrogen-bond acceptors (Lipinski definition) is 2. The number of nitrogens with zero attached hydrogens (tertiary/aromatic N) is 1. The molecule has 1 aromatic rings. The molecule has 2 heteroatoms. The Morgan fingerprint density at radius 2 is 2.00 bits per heavy atom. The summed E-state index contributed by atoms with van der Waals surface area (Å²) in [5.74, 6) is 0.709. The van der Waals surface area contributed by atoms with Gasteiger partial charge in [-0.05, 0) is 18.4 Å². The fourth-order valence-corrected chi connectivity index (χ4v) is 2.43. The predicted octanol–water partition coefficient (Wildman–Crippen LogP) is 2.50. The molecule has 2 rings (SSSR count). The van der Waals surface area contributed by atoms with Gasteiger partial charge in [0, 0.05) is 31.7 Å². The molecule has 0 amide bonds. The van der Waals surface area contributed by atoms with Crippen molar-refractivity contribution >= 4 is 0 Å². The summed E-state index contributed by atoms with van der Waals surface area (Å²) in [4.78, 5) is 2.59. The van der Waals surface area contributed by atoms with Crippen LogP contribution in [-0.2, 0) is 6.54 Å². The standard InChI is InChI=1S/C15H24N2/c1-12(2)15-11-17(13(3)9-16-15)10-14-7-5-4-6-8-14/h4-8,12-13,15-16H,9-11H2,1-3H3/t13-,15-/m1/s1. The van der Waals surface area contributed by atoms with E-state index < -0.39 is 0 Å². The maximum Gasteiger partial charge on any atom is 0.0237 e. The first-order chi connectivity index (χ1) is 8.16. The summed E-state index contributed by atoms with van der Waals surface area (Å²) >= 11 is 0. The molecule has 0 saturated carbocycles. The first-order valence-electron chi connectivity index (χ1n) is 6.68. The lowest BCUT2D eigenvalue weighted by Crippen LogP contribution is -2.56. The van der Waals surface area contributed by atoms with Gasteiger partial charge in [0.15, 0.2) is 0 Å². The minimum absolute atomic E-state index is 0.630. The molecule has 1 heterocycles. The van der Waals surface area contributed by atoms with Gasteiger partial charge in [0.2, 0.25) is 0 Å². The zero-order chi connectivity index (χ0) is 12.3. The highest BCUT2D eigenvalue weighted by Gasteiger charge is 2.26. The average molecular weight is 232 g/mol. The lowest BCUT2D eigenvalue weighted by molar-refractivity contribution is 0.116. The molecule has 1 aromatic carbocycles. The summed E-state index contributed by atoms with van der Waals surface area (Å²) in [6.45, 7) is 10.3. The Morgan fingerprint density at radius 1 is 1.29 bits per heavy atom. The van der Waals surface area contributed by atoms with Gasteiger partial charge in [-0.2, -0.15) is 0 Å². The molecule has 1 aliphatic heterocycles. The van der Waals surface area contributed by atoms with E-state index in [9.17, 15) is 0 Å². The van der Waals surface area contributed by atoms with Crippen molar-refractivity contribution in [3.63, 3.8) is 0 Å². The van der Waals surface area contributed by atoms with E-state index in [4.69, 9.17) is 0 Å². The maximum absolute atomic E-state index is 3.64. The summed E-state index contributed by atoms with van der Waals surface area (Å²) < 4.78 is 0. The Morgan fingerprint density at radius 3 is 2.65 bits per heavy atom. The van der Waals surface area contributed by atoms with Gasteiger partial charge in [-0.3, -0.25) is 4.90 Å². The van der Waals surface area contributed by atoms with Crippen molar-refractivity contribution in [3.05, 3.63) is 35.9 Å². The second-order valence-corrected chi connectivity index (χ2v) is 5.52. The van der Waals surface area contributed by atoms with Crippen molar-refractivity contribution in [1.82, 2.24) is 10.2 Å². The lowest BCUT2D eigenvalue weighted by Gasteiger charge is -2.40. The van der Waals surface area contributed by atoms with Crippen molar-refractivity contribution in [1.29, 1.82) is 0 Å². The van der Waals surface area contributed by atoms with E-state index in [0.717, 1.165) is 19.6 Å². The highest BCUT2D eigenvalue weighted by Crippen LogP contribution is 2.15. The minimum Gasteiger partial charge on any atom is -0.311 e. The van der Waals surface area contributed by atoms with E-state index in [1.807, 2.05) is 0 Å². The normalized spacial score (nSPS) is 26.4. The third-order valence-electron chi connectivity index (χ3n) is 3.76. The highest BCUT2D eigenvalue weighted by atomic mass is 15.2. The van der Waals surface area contributed by atoms with E-state index in [1.54, 1.807) is 0 Å². The van der Waals surface area contributed by atoms with Gasteiger partial charge in [0.25, 0.3) is 0 Å². The molecule has 17 heavy (non-hydrogen) atoms. The minimum atomic E-state index is 0.630. The lowest BCUT2D eigenvalue weighted by atomic mass is 9.99. The van der Waals surface area contributed by atoms with Crippen molar-refractivity contribution in [2.24, 2.45) is 5.92 Å². The molecule has 0 radical (unpaired) electrons. The maximum atomic E-state index is 3.64. The first kappa shape index (κ1) is 12.6. The Kier molecular flexibility index (Phi) is 4.19. The molecule has 1 aliphatic rings. The Balaban J connectivity index is 1.99. The SMILES string of the molecule is CC(C)[C@H]1CN(Cc2ccccc2)[C@H](C)CN1. The van der Waals surface area contributed by atoms with Gasteiger partial charge in [-0.1, -0.05) is 44.2 Å². The second-order valence-electron chi connectivity index (χ2n) is 5.52. The largest absolute Gasteiger partial charge is 0.311 e. The molecule has 1 saturated heterocycles. The van der Waals surface area contributed by atoms with Gasteiger partial charge in [-0.15, -0.1) is 0 Å². The Hall–Kier alpha value is -0.860. The topological polar surface area (TPSA) is 15.3 Å². The Bertz CT molecular complexity index is 334. The molecule has 1 N–H and O–H groups in total. The molecule has 0 aliphatic carbocycles. The number of piperazine rings is 1. The molecule has 94 valence electrons. The van der Waals surface area contributed by atoms with Crippen LogP contribution in [0.2, 0.25) is 0 Å². The molecule has 0 aromatic heterocycles. The molecule has 2 nitrogen and oxygen atoms in total. The van der Waals surface area contributed by atoms with Crippen LogP contribution in [0.25, 0.3) is 0 Å². The van der Waals surface area contributed by atoms with Crippen molar-refractivity contribution < 1.29 is 0 Å². The van der Waals surface area contributed by atoms with E-state index in [0.29, 0.717) is 18.0 Å². The van der Waals surface area contributed by atoms with Gasteiger partial charge < -0.3 is 5.32 Å². The summed E-state index contributed by atoms with van der Waals surface area (Å²) in [5.41, 5.74) is 1.42. The van der Waals surface area contributed by atoms with Gasteiger partial charge in [0.1, 0.15) is 0 Å². The van der Waals surface area contributed by atoms with Gasteiger partial charge in [-0.25, -0.2) is 0 Å². The Labute approximate surface area is 105 Å². The van der Waals surface area contributed by atoms with Crippen LogP contribution in [-0.4, -0.2) is 30.1 Å². The van der Waals surface area contributed by atoms with Crippen LogP contribution in [0, 0.1) is 5.92 Å². The summed E-state index contributed by atoms with van der Waals surface area (Å²) in [6.07, 6.45) is 0. The first-order valence-corrected chi connectivity index (χ1v) is 6.68. The van der Waals surface area contributed by atoms with E-state index >= 15 is 0 Å². The van der Waals surface area contributed by atoms with Crippen molar-refractivity contribution in [3.8, 4) is 0 Å². The molecule has 1 fully saturated rings. The second kappa shape index (κ2) is 5.65. The van der Waals surface area contributed by atoms with E-state index in [1.165, 1.54) is 5.56 Å². The van der Waals surface area contributed by atoms with Crippen molar-refractivity contribution in [2.45, 2.75) is 39.4 Å².